The van der Waals surface area contributed by atoms with Gasteiger partial charge in [0.05, 0.1) is 19.3 Å². The minimum absolute atomic E-state index is 0.140. The quantitative estimate of drug-likeness (QED) is 0.459. The Kier molecular flexibility index (Phi) is 4.99. The number of fused-ring (bicyclic) bond motifs is 1. The van der Waals surface area contributed by atoms with Crippen molar-refractivity contribution in [3.63, 3.8) is 0 Å². The van der Waals surface area contributed by atoms with Crippen molar-refractivity contribution >= 4 is 0 Å². The van der Waals surface area contributed by atoms with Crippen molar-refractivity contribution in [2.24, 2.45) is 5.84 Å². The normalized spacial score (nSPS) is 20.0. The summed E-state index contributed by atoms with van der Waals surface area (Å²) in [5, 5.41) is 0. The summed E-state index contributed by atoms with van der Waals surface area (Å²) >= 11 is 0. The Labute approximate surface area is 108 Å². The molecule has 4 nitrogen and oxygen atoms in total. The highest BCUT2D eigenvalue weighted by molar-refractivity contribution is 5.38. The molecule has 0 spiro atoms. The minimum Gasteiger partial charge on any atom is -0.493 e. The topological polar surface area (TPSA) is 56.5 Å². The van der Waals surface area contributed by atoms with Crippen molar-refractivity contribution in [1.82, 2.24) is 5.43 Å². The highest BCUT2D eigenvalue weighted by Crippen LogP contribution is 2.35. The van der Waals surface area contributed by atoms with E-state index in [1.165, 1.54) is 5.56 Å². The predicted molar refractivity (Wildman–Crippen MR) is 71.5 cm³/mol. The predicted octanol–water partition coefficient (Wildman–Crippen LogP) is 1.81. The molecule has 0 fully saturated rings. The van der Waals surface area contributed by atoms with Crippen LogP contribution >= 0.6 is 0 Å². The molecule has 0 saturated carbocycles. The second kappa shape index (κ2) is 6.73. The molecule has 2 atom stereocenters. The van der Waals surface area contributed by atoms with Crippen molar-refractivity contribution in [3.05, 3.63) is 29.8 Å². The monoisotopic (exact) mass is 250 g/mol. The maximum atomic E-state index is 5.67. The highest BCUT2D eigenvalue weighted by atomic mass is 16.5. The van der Waals surface area contributed by atoms with Crippen molar-refractivity contribution < 1.29 is 9.47 Å². The van der Waals surface area contributed by atoms with Crippen molar-refractivity contribution in [3.8, 4) is 5.75 Å². The van der Waals surface area contributed by atoms with Gasteiger partial charge in [0.2, 0.25) is 0 Å². The molecule has 2 rings (SSSR count). The van der Waals surface area contributed by atoms with Gasteiger partial charge in [0, 0.05) is 12.5 Å². The zero-order valence-corrected chi connectivity index (χ0v) is 10.9. The number of benzene rings is 1. The first-order valence-corrected chi connectivity index (χ1v) is 6.62. The smallest absolute Gasteiger partial charge is 0.122 e. The van der Waals surface area contributed by atoms with E-state index in [1.807, 2.05) is 18.2 Å². The van der Waals surface area contributed by atoms with Gasteiger partial charge in [-0.3, -0.25) is 11.3 Å². The molecule has 1 aliphatic heterocycles. The van der Waals surface area contributed by atoms with Gasteiger partial charge in [-0.2, -0.15) is 0 Å². The van der Waals surface area contributed by atoms with Gasteiger partial charge in [0.25, 0.3) is 0 Å². The molecule has 1 heterocycles. The zero-order chi connectivity index (χ0) is 12.8. The molecule has 0 aromatic heterocycles. The van der Waals surface area contributed by atoms with Gasteiger partial charge in [-0.15, -0.1) is 0 Å². The fraction of sp³-hybridized carbons (Fsp3) is 0.571. The lowest BCUT2D eigenvalue weighted by molar-refractivity contribution is 0.0968. The molecule has 0 bridgehead atoms. The molecule has 4 heteroatoms. The lowest BCUT2D eigenvalue weighted by atomic mass is 9.87. The van der Waals surface area contributed by atoms with Crippen LogP contribution in [-0.2, 0) is 4.74 Å². The second-order valence-corrected chi connectivity index (χ2v) is 4.63. The first-order chi connectivity index (χ1) is 8.86. The average molecular weight is 250 g/mol. The fourth-order valence-electron chi connectivity index (χ4n) is 2.42. The Morgan fingerprint density at radius 3 is 3.11 bits per heavy atom. The third-order valence-electron chi connectivity index (χ3n) is 3.35. The van der Waals surface area contributed by atoms with Crippen LogP contribution < -0.4 is 16.0 Å². The highest BCUT2D eigenvalue weighted by Gasteiger charge is 2.28. The summed E-state index contributed by atoms with van der Waals surface area (Å²) in [6, 6.07) is 8.31. The summed E-state index contributed by atoms with van der Waals surface area (Å²) in [6.07, 6.45) is 2.00. The molecule has 2 unspecified atom stereocenters. The standard InChI is InChI=1S/C14H22N2O2/c1-2-8-17-10-13(16-15)11-7-9-18-14-6-4-3-5-12(11)14/h3-6,11,13,16H,2,7-10,15H2,1H3. The van der Waals surface area contributed by atoms with Gasteiger partial charge in [-0.05, 0) is 24.5 Å². The maximum absolute atomic E-state index is 5.67. The Hall–Kier alpha value is -1.10. The number of para-hydroxylation sites is 1. The van der Waals surface area contributed by atoms with E-state index in [1.54, 1.807) is 0 Å². The molecular formula is C14H22N2O2. The van der Waals surface area contributed by atoms with Crippen LogP contribution in [0.4, 0.5) is 0 Å². The number of hydrazine groups is 1. The summed E-state index contributed by atoms with van der Waals surface area (Å²) in [5.41, 5.74) is 4.12. The molecule has 1 aromatic carbocycles. The van der Waals surface area contributed by atoms with Crippen LogP contribution in [0, 0.1) is 0 Å². The van der Waals surface area contributed by atoms with Gasteiger partial charge in [-0.1, -0.05) is 25.1 Å². The van der Waals surface area contributed by atoms with E-state index in [9.17, 15) is 0 Å². The van der Waals surface area contributed by atoms with E-state index in [0.717, 1.165) is 31.8 Å². The number of rotatable bonds is 6. The molecule has 18 heavy (non-hydrogen) atoms. The van der Waals surface area contributed by atoms with Gasteiger partial charge in [0.15, 0.2) is 0 Å². The van der Waals surface area contributed by atoms with E-state index in [4.69, 9.17) is 15.3 Å². The summed E-state index contributed by atoms with van der Waals surface area (Å²) in [5.74, 6) is 7.01. The van der Waals surface area contributed by atoms with Crippen LogP contribution in [0.2, 0.25) is 0 Å². The van der Waals surface area contributed by atoms with E-state index in [2.05, 4.69) is 18.4 Å². The zero-order valence-electron chi connectivity index (χ0n) is 10.9. The van der Waals surface area contributed by atoms with Crippen LogP contribution in [0.5, 0.6) is 5.75 Å². The van der Waals surface area contributed by atoms with Crippen LogP contribution in [0.3, 0.4) is 0 Å². The number of hydrogen-bond donors (Lipinski definition) is 2. The Morgan fingerprint density at radius 1 is 1.50 bits per heavy atom. The molecule has 0 saturated heterocycles. The maximum Gasteiger partial charge on any atom is 0.122 e. The first kappa shape index (κ1) is 13.3. The lowest BCUT2D eigenvalue weighted by Gasteiger charge is -2.31. The molecule has 3 N–H and O–H groups in total. The molecule has 0 amide bonds. The van der Waals surface area contributed by atoms with E-state index >= 15 is 0 Å². The average Bonchev–Trinajstić information content (AvgIpc) is 2.43. The van der Waals surface area contributed by atoms with Gasteiger partial charge >= 0.3 is 0 Å². The molecule has 1 aromatic rings. The minimum atomic E-state index is 0.140. The lowest BCUT2D eigenvalue weighted by Crippen LogP contribution is -2.44. The third-order valence-corrected chi connectivity index (χ3v) is 3.35. The molecule has 0 aliphatic carbocycles. The van der Waals surface area contributed by atoms with Crippen molar-refractivity contribution in [2.45, 2.75) is 31.7 Å². The molecule has 100 valence electrons. The van der Waals surface area contributed by atoms with Gasteiger partial charge in [-0.25, -0.2) is 0 Å². The Balaban J connectivity index is 2.07. The molecule has 0 radical (unpaired) electrons. The van der Waals surface area contributed by atoms with Gasteiger partial charge < -0.3 is 9.47 Å². The first-order valence-electron chi connectivity index (χ1n) is 6.62. The van der Waals surface area contributed by atoms with Crippen molar-refractivity contribution in [1.29, 1.82) is 0 Å². The number of nitrogens with one attached hydrogen (secondary N) is 1. The third kappa shape index (κ3) is 3.02. The molecule has 1 aliphatic rings. The largest absolute Gasteiger partial charge is 0.493 e. The van der Waals surface area contributed by atoms with Crippen LogP contribution in [0.1, 0.15) is 31.2 Å². The van der Waals surface area contributed by atoms with Gasteiger partial charge in [0.1, 0.15) is 5.75 Å². The molecular weight excluding hydrogens is 228 g/mol. The Bertz CT molecular complexity index is 371. The Morgan fingerprint density at radius 2 is 2.33 bits per heavy atom. The van der Waals surface area contributed by atoms with E-state index < -0.39 is 0 Å². The number of hydrogen-bond acceptors (Lipinski definition) is 4. The number of ether oxygens (including phenoxy) is 2. The summed E-state index contributed by atoms with van der Waals surface area (Å²) < 4.78 is 11.3. The summed E-state index contributed by atoms with van der Waals surface area (Å²) in [6.45, 7) is 4.27. The van der Waals surface area contributed by atoms with E-state index in [-0.39, 0.29) is 6.04 Å². The second-order valence-electron chi connectivity index (χ2n) is 4.63. The number of nitrogens with two attached hydrogens (primary N) is 1. The van der Waals surface area contributed by atoms with Crippen LogP contribution in [0.25, 0.3) is 0 Å². The van der Waals surface area contributed by atoms with Crippen molar-refractivity contribution in [2.75, 3.05) is 19.8 Å². The summed E-state index contributed by atoms with van der Waals surface area (Å²) in [4.78, 5) is 0. The van der Waals surface area contributed by atoms with E-state index in [0.29, 0.717) is 12.5 Å². The SMILES string of the molecule is CCCOCC(NN)C1CCOc2ccccc21. The summed E-state index contributed by atoms with van der Waals surface area (Å²) in [7, 11) is 0. The van der Waals surface area contributed by atoms with Crippen LogP contribution in [0.15, 0.2) is 24.3 Å². The fourth-order valence-corrected chi connectivity index (χ4v) is 2.42. The van der Waals surface area contributed by atoms with Crippen LogP contribution in [-0.4, -0.2) is 25.9 Å².